The highest BCUT2D eigenvalue weighted by molar-refractivity contribution is 5.92. The summed E-state index contributed by atoms with van der Waals surface area (Å²) in [7, 11) is 2.06. The number of furan rings is 1. The molecular weight excluding hydrogens is 218 g/mol. The Morgan fingerprint density at radius 2 is 2.41 bits per heavy atom. The van der Waals surface area contributed by atoms with Crippen molar-refractivity contribution in [2.24, 2.45) is 17.7 Å². The van der Waals surface area contributed by atoms with E-state index in [1.807, 2.05) is 6.07 Å². The first-order valence-electron chi connectivity index (χ1n) is 5.87. The third-order valence-electron chi connectivity index (χ3n) is 3.35. The second kappa shape index (κ2) is 4.89. The van der Waals surface area contributed by atoms with Gasteiger partial charge in [-0.1, -0.05) is 6.92 Å². The quantitative estimate of drug-likeness (QED) is 0.455. The molecule has 1 aromatic rings. The fourth-order valence-electron chi connectivity index (χ4n) is 2.13. The zero-order chi connectivity index (χ0) is 12.4. The monoisotopic (exact) mass is 237 g/mol. The zero-order valence-corrected chi connectivity index (χ0v) is 10.3. The van der Waals surface area contributed by atoms with Gasteiger partial charge in [0.2, 0.25) is 0 Å². The van der Waals surface area contributed by atoms with Gasteiger partial charge in [-0.25, -0.2) is 5.84 Å². The van der Waals surface area contributed by atoms with Gasteiger partial charge in [-0.05, 0) is 31.4 Å². The van der Waals surface area contributed by atoms with E-state index in [1.54, 1.807) is 0 Å². The summed E-state index contributed by atoms with van der Waals surface area (Å²) in [5, 5.41) is 0. The van der Waals surface area contributed by atoms with E-state index in [0.29, 0.717) is 12.3 Å². The van der Waals surface area contributed by atoms with Crippen LogP contribution in [0.4, 0.5) is 0 Å². The molecule has 5 nitrogen and oxygen atoms in total. The van der Waals surface area contributed by atoms with Crippen molar-refractivity contribution in [1.29, 1.82) is 0 Å². The number of hydrogen-bond acceptors (Lipinski definition) is 4. The smallest absolute Gasteiger partial charge is 0.301 e. The van der Waals surface area contributed by atoms with Gasteiger partial charge in [-0.3, -0.25) is 10.2 Å². The van der Waals surface area contributed by atoms with Crippen molar-refractivity contribution in [3.05, 3.63) is 23.7 Å². The summed E-state index contributed by atoms with van der Waals surface area (Å²) in [4.78, 5) is 13.6. The van der Waals surface area contributed by atoms with Gasteiger partial charge in [0.1, 0.15) is 0 Å². The minimum atomic E-state index is -0.377. The van der Waals surface area contributed by atoms with Crippen LogP contribution in [0.3, 0.4) is 0 Å². The molecule has 3 N–H and O–H groups in total. The van der Waals surface area contributed by atoms with E-state index in [1.165, 1.54) is 12.7 Å². The number of nitrogens with two attached hydrogens (primary N) is 1. The number of hydrazine groups is 1. The Hall–Kier alpha value is -1.33. The van der Waals surface area contributed by atoms with E-state index in [2.05, 4.69) is 24.3 Å². The molecule has 1 aromatic heterocycles. The third kappa shape index (κ3) is 2.87. The minimum Gasteiger partial charge on any atom is -0.459 e. The van der Waals surface area contributed by atoms with Gasteiger partial charge >= 0.3 is 5.91 Å². The van der Waals surface area contributed by atoms with Crippen LogP contribution >= 0.6 is 0 Å². The van der Waals surface area contributed by atoms with Crippen molar-refractivity contribution < 1.29 is 9.21 Å². The first kappa shape index (κ1) is 12.1. The summed E-state index contributed by atoms with van der Waals surface area (Å²) in [5.41, 5.74) is 2.97. The average Bonchev–Trinajstić information content (AvgIpc) is 2.80. The Morgan fingerprint density at radius 1 is 1.71 bits per heavy atom. The Kier molecular flexibility index (Phi) is 3.49. The van der Waals surface area contributed by atoms with Crippen LogP contribution in [0.5, 0.6) is 0 Å². The van der Waals surface area contributed by atoms with Gasteiger partial charge in [-0.15, -0.1) is 0 Å². The van der Waals surface area contributed by atoms with Crippen LogP contribution in [0.15, 0.2) is 16.7 Å². The highest BCUT2D eigenvalue weighted by Crippen LogP contribution is 2.38. The molecule has 0 aromatic carbocycles. The zero-order valence-electron chi connectivity index (χ0n) is 10.3. The predicted molar refractivity (Wildman–Crippen MR) is 64.0 cm³/mol. The lowest BCUT2D eigenvalue weighted by Crippen LogP contribution is -2.31. The van der Waals surface area contributed by atoms with Gasteiger partial charge in [0.05, 0.1) is 6.26 Å². The molecule has 1 saturated carbocycles. The second-order valence-corrected chi connectivity index (χ2v) is 4.92. The fraction of sp³-hybridized carbons (Fsp3) is 0.583. The average molecular weight is 237 g/mol. The van der Waals surface area contributed by atoms with Crippen LogP contribution in [0.1, 0.15) is 29.5 Å². The van der Waals surface area contributed by atoms with Crippen molar-refractivity contribution in [2.75, 3.05) is 13.6 Å². The van der Waals surface area contributed by atoms with E-state index in [-0.39, 0.29) is 5.91 Å². The molecule has 2 rings (SSSR count). The Labute approximate surface area is 101 Å². The van der Waals surface area contributed by atoms with Crippen molar-refractivity contribution >= 4 is 5.91 Å². The molecule has 0 spiro atoms. The van der Waals surface area contributed by atoms with Crippen LogP contribution in [0.2, 0.25) is 0 Å². The highest BCUT2D eigenvalue weighted by atomic mass is 16.3. The van der Waals surface area contributed by atoms with Crippen LogP contribution in [0.25, 0.3) is 0 Å². The lowest BCUT2D eigenvalue weighted by Gasteiger charge is -2.15. The molecular formula is C12H19N3O2. The predicted octanol–water partition coefficient (Wildman–Crippen LogP) is 0.971. The maximum absolute atomic E-state index is 11.4. The minimum absolute atomic E-state index is 0.309. The van der Waals surface area contributed by atoms with Gasteiger partial charge in [-0.2, -0.15) is 0 Å². The summed E-state index contributed by atoms with van der Waals surface area (Å²) < 4.78 is 5.14. The molecule has 1 fully saturated rings. The van der Waals surface area contributed by atoms with Crippen molar-refractivity contribution in [2.45, 2.75) is 19.9 Å². The Balaban J connectivity index is 1.93. The topological polar surface area (TPSA) is 71.5 Å². The number of nitrogen functional groups attached to an aromatic ring is 1. The second-order valence-electron chi connectivity index (χ2n) is 4.92. The van der Waals surface area contributed by atoms with E-state index >= 15 is 0 Å². The van der Waals surface area contributed by atoms with Gasteiger partial charge < -0.3 is 9.32 Å². The van der Waals surface area contributed by atoms with E-state index in [0.717, 1.165) is 23.9 Å². The van der Waals surface area contributed by atoms with Crippen LogP contribution in [-0.2, 0) is 6.54 Å². The van der Waals surface area contributed by atoms with Gasteiger partial charge in [0.25, 0.3) is 0 Å². The SMILES string of the molecule is CC1CC1CN(C)Cc1ccoc1C(=O)NN. The fourth-order valence-corrected chi connectivity index (χ4v) is 2.13. The lowest BCUT2D eigenvalue weighted by atomic mass is 10.2. The molecule has 0 aliphatic heterocycles. The summed E-state index contributed by atoms with van der Waals surface area (Å²) >= 11 is 0. The molecule has 0 radical (unpaired) electrons. The number of nitrogens with zero attached hydrogens (tertiary/aromatic N) is 1. The molecule has 2 unspecified atom stereocenters. The molecule has 94 valence electrons. The van der Waals surface area contributed by atoms with Crippen LogP contribution in [-0.4, -0.2) is 24.4 Å². The molecule has 1 heterocycles. The number of carbonyl (C=O) groups is 1. The van der Waals surface area contributed by atoms with Crippen molar-refractivity contribution in [3.63, 3.8) is 0 Å². The molecule has 5 heteroatoms. The van der Waals surface area contributed by atoms with Crippen LogP contribution < -0.4 is 11.3 Å². The first-order valence-corrected chi connectivity index (χ1v) is 5.87. The number of carbonyl (C=O) groups excluding carboxylic acids is 1. The normalized spacial score (nSPS) is 22.8. The molecule has 1 amide bonds. The molecule has 1 aliphatic carbocycles. The maximum atomic E-state index is 11.4. The molecule has 0 saturated heterocycles. The first-order chi connectivity index (χ1) is 8.11. The highest BCUT2D eigenvalue weighted by Gasteiger charge is 2.33. The molecule has 1 aliphatic rings. The number of hydrogen-bond donors (Lipinski definition) is 2. The van der Waals surface area contributed by atoms with E-state index in [4.69, 9.17) is 10.3 Å². The largest absolute Gasteiger partial charge is 0.459 e. The standard InChI is InChI=1S/C12H19N3O2/c1-8-5-10(8)7-15(2)6-9-3-4-17-11(9)12(16)14-13/h3-4,8,10H,5-7,13H2,1-2H3,(H,14,16). The van der Waals surface area contributed by atoms with Crippen molar-refractivity contribution in [3.8, 4) is 0 Å². The maximum Gasteiger partial charge on any atom is 0.301 e. The molecule has 0 bridgehead atoms. The number of rotatable bonds is 5. The van der Waals surface area contributed by atoms with Crippen LogP contribution in [0, 0.1) is 11.8 Å². The number of amides is 1. The van der Waals surface area contributed by atoms with E-state index < -0.39 is 0 Å². The summed E-state index contributed by atoms with van der Waals surface area (Å²) in [6, 6.07) is 1.82. The van der Waals surface area contributed by atoms with Gasteiger partial charge in [0, 0.05) is 18.7 Å². The number of nitrogens with one attached hydrogen (secondary N) is 1. The van der Waals surface area contributed by atoms with Crippen molar-refractivity contribution in [1.82, 2.24) is 10.3 Å². The summed E-state index contributed by atoms with van der Waals surface area (Å²) in [6.07, 6.45) is 2.83. The lowest BCUT2D eigenvalue weighted by molar-refractivity contribution is 0.0923. The Bertz CT molecular complexity index is 402. The summed E-state index contributed by atoms with van der Waals surface area (Å²) in [5.74, 6) is 6.68. The summed E-state index contributed by atoms with van der Waals surface area (Å²) in [6.45, 7) is 4.04. The van der Waals surface area contributed by atoms with Gasteiger partial charge in [0.15, 0.2) is 5.76 Å². The molecule has 17 heavy (non-hydrogen) atoms. The Morgan fingerprint density at radius 3 is 3.00 bits per heavy atom. The third-order valence-corrected chi connectivity index (χ3v) is 3.35. The van der Waals surface area contributed by atoms with E-state index in [9.17, 15) is 4.79 Å². The molecule has 2 atom stereocenters.